The van der Waals surface area contributed by atoms with E-state index in [1.54, 1.807) is 6.07 Å². The molecule has 1 aromatic heterocycles. The molecule has 0 fully saturated rings. The molecular formula is C11H15NO4S. The van der Waals surface area contributed by atoms with Gasteiger partial charge in [-0.3, -0.25) is 4.79 Å². The van der Waals surface area contributed by atoms with E-state index < -0.39 is 12.1 Å². The Bertz CT molecular complexity index is 402. The van der Waals surface area contributed by atoms with Gasteiger partial charge in [-0.25, -0.2) is 4.79 Å². The van der Waals surface area contributed by atoms with Gasteiger partial charge in [0.25, 0.3) is 5.91 Å². The summed E-state index contributed by atoms with van der Waals surface area (Å²) in [4.78, 5) is 23.7. The van der Waals surface area contributed by atoms with Crippen LogP contribution in [0.15, 0.2) is 12.1 Å². The number of carboxylic acids is 1. The highest BCUT2D eigenvalue weighted by molar-refractivity contribution is 7.14. The number of carbonyl (C=O) groups is 2. The predicted octanol–water partition coefficient (Wildman–Crippen LogP) is 0.876. The van der Waals surface area contributed by atoms with E-state index in [9.17, 15) is 9.59 Å². The van der Waals surface area contributed by atoms with E-state index in [0.29, 0.717) is 4.88 Å². The van der Waals surface area contributed by atoms with Crippen LogP contribution < -0.4 is 5.32 Å². The summed E-state index contributed by atoms with van der Waals surface area (Å²) in [5, 5.41) is 20.0. The van der Waals surface area contributed by atoms with Gasteiger partial charge in [-0.2, -0.15) is 0 Å². The fourth-order valence-electron chi connectivity index (χ4n) is 1.22. The molecule has 17 heavy (non-hydrogen) atoms. The van der Waals surface area contributed by atoms with Gasteiger partial charge >= 0.3 is 5.97 Å². The maximum Gasteiger partial charge on any atom is 0.332 e. The number of amides is 1. The summed E-state index contributed by atoms with van der Waals surface area (Å²) in [6.45, 7) is 2.16. The molecule has 0 saturated carbocycles. The minimum atomic E-state index is -1.43. The SMILES string of the molecule is CCc1ccc(C(=O)NCCC(O)C(=O)O)s1. The largest absolute Gasteiger partial charge is 0.479 e. The summed E-state index contributed by atoms with van der Waals surface area (Å²) in [5.41, 5.74) is 0. The van der Waals surface area contributed by atoms with Crippen molar-refractivity contribution in [2.75, 3.05) is 6.54 Å². The molecule has 0 aliphatic rings. The molecule has 1 amide bonds. The van der Waals surface area contributed by atoms with Crippen molar-refractivity contribution in [2.45, 2.75) is 25.9 Å². The molecule has 5 nitrogen and oxygen atoms in total. The molecule has 0 aliphatic heterocycles. The molecule has 0 radical (unpaired) electrons. The lowest BCUT2D eigenvalue weighted by molar-refractivity contribution is -0.146. The smallest absolute Gasteiger partial charge is 0.332 e. The summed E-state index contributed by atoms with van der Waals surface area (Å²) in [6, 6.07) is 3.64. The number of rotatable bonds is 6. The molecule has 1 unspecified atom stereocenters. The molecule has 0 aliphatic carbocycles. The maximum atomic E-state index is 11.6. The molecule has 0 spiro atoms. The van der Waals surface area contributed by atoms with Crippen LogP contribution in [0.3, 0.4) is 0 Å². The summed E-state index contributed by atoms with van der Waals surface area (Å²) in [7, 11) is 0. The van der Waals surface area contributed by atoms with Crippen molar-refractivity contribution in [3.05, 3.63) is 21.9 Å². The third-order valence-electron chi connectivity index (χ3n) is 2.22. The van der Waals surface area contributed by atoms with Crippen molar-refractivity contribution in [1.82, 2.24) is 5.32 Å². The van der Waals surface area contributed by atoms with Crippen LogP contribution in [-0.2, 0) is 11.2 Å². The molecule has 1 heterocycles. The van der Waals surface area contributed by atoms with Gasteiger partial charge in [-0.05, 0) is 18.6 Å². The Labute approximate surface area is 103 Å². The Morgan fingerprint density at radius 2 is 2.18 bits per heavy atom. The first-order chi connectivity index (χ1) is 8.04. The first-order valence-corrected chi connectivity index (χ1v) is 6.14. The minimum absolute atomic E-state index is 0.00703. The van der Waals surface area contributed by atoms with E-state index in [1.165, 1.54) is 11.3 Å². The Morgan fingerprint density at radius 1 is 1.47 bits per heavy atom. The first kappa shape index (κ1) is 13.7. The lowest BCUT2D eigenvalue weighted by Gasteiger charge is -2.06. The maximum absolute atomic E-state index is 11.6. The molecule has 1 atom stereocenters. The van der Waals surface area contributed by atoms with Crippen LogP contribution in [0.4, 0.5) is 0 Å². The van der Waals surface area contributed by atoms with Crippen LogP contribution in [0.5, 0.6) is 0 Å². The Hall–Kier alpha value is -1.40. The molecule has 0 saturated heterocycles. The normalized spacial score (nSPS) is 12.1. The number of thiophene rings is 1. The van der Waals surface area contributed by atoms with Crippen molar-refractivity contribution in [3.63, 3.8) is 0 Å². The van der Waals surface area contributed by atoms with Crippen LogP contribution in [0.2, 0.25) is 0 Å². The second kappa shape index (κ2) is 6.36. The van der Waals surface area contributed by atoms with Gasteiger partial charge in [0.1, 0.15) is 0 Å². The van der Waals surface area contributed by atoms with Gasteiger partial charge in [0, 0.05) is 17.8 Å². The molecule has 6 heteroatoms. The summed E-state index contributed by atoms with van der Waals surface area (Å²) < 4.78 is 0. The number of hydrogen-bond acceptors (Lipinski definition) is 4. The number of nitrogens with one attached hydrogen (secondary N) is 1. The van der Waals surface area contributed by atoms with Crippen molar-refractivity contribution < 1.29 is 19.8 Å². The summed E-state index contributed by atoms with van der Waals surface area (Å²) >= 11 is 1.42. The summed E-state index contributed by atoms with van der Waals surface area (Å²) in [5.74, 6) is -1.50. The third kappa shape index (κ3) is 4.16. The number of carboxylic acid groups (broad SMARTS) is 1. The second-order valence-corrected chi connectivity index (χ2v) is 4.69. The predicted molar refractivity (Wildman–Crippen MR) is 64.3 cm³/mol. The fraction of sp³-hybridized carbons (Fsp3) is 0.455. The molecular weight excluding hydrogens is 242 g/mol. The number of aryl methyl sites for hydroxylation is 1. The Morgan fingerprint density at radius 3 is 2.71 bits per heavy atom. The Kier molecular flexibility index (Phi) is 5.11. The highest BCUT2D eigenvalue weighted by Crippen LogP contribution is 2.16. The summed E-state index contributed by atoms with van der Waals surface area (Å²) in [6.07, 6.45) is -0.534. The van der Waals surface area contributed by atoms with Gasteiger partial charge in [0.05, 0.1) is 4.88 Å². The van der Waals surface area contributed by atoms with Crippen LogP contribution in [0, 0.1) is 0 Å². The molecule has 1 rings (SSSR count). The highest BCUT2D eigenvalue weighted by atomic mass is 32.1. The highest BCUT2D eigenvalue weighted by Gasteiger charge is 2.14. The van der Waals surface area contributed by atoms with E-state index in [4.69, 9.17) is 10.2 Å². The standard InChI is InChI=1S/C11H15NO4S/c1-2-7-3-4-9(17-7)10(14)12-6-5-8(13)11(15)16/h3-4,8,13H,2,5-6H2,1H3,(H,12,14)(H,15,16). The van der Waals surface area contributed by atoms with Gasteiger partial charge in [0.15, 0.2) is 6.10 Å². The van der Waals surface area contributed by atoms with Crippen LogP contribution in [0.1, 0.15) is 27.9 Å². The lowest BCUT2D eigenvalue weighted by Crippen LogP contribution is -2.29. The quantitative estimate of drug-likeness (QED) is 0.706. The van der Waals surface area contributed by atoms with Crippen LogP contribution >= 0.6 is 11.3 Å². The van der Waals surface area contributed by atoms with Gasteiger partial charge in [0.2, 0.25) is 0 Å². The zero-order valence-corrected chi connectivity index (χ0v) is 10.3. The Balaban J connectivity index is 2.37. The van der Waals surface area contributed by atoms with Crippen molar-refractivity contribution in [1.29, 1.82) is 0 Å². The molecule has 3 N–H and O–H groups in total. The van der Waals surface area contributed by atoms with E-state index in [0.717, 1.165) is 11.3 Å². The zero-order valence-electron chi connectivity index (χ0n) is 9.47. The number of aliphatic hydroxyl groups excluding tert-OH is 1. The molecule has 1 aromatic rings. The topological polar surface area (TPSA) is 86.6 Å². The van der Waals surface area contributed by atoms with Crippen LogP contribution in [-0.4, -0.2) is 34.7 Å². The van der Waals surface area contributed by atoms with Gasteiger partial charge in [-0.1, -0.05) is 6.92 Å². The van der Waals surface area contributed by atoms with E-state index >= 15 is 0 Å². The van der Waals surface area contributed by atoms with Crippen molar-refractivity contribution >= 4 is 23.2 Å². The average Bonchev–Trinajstić information content (AvgIpc) is 2.77. The lowest BCUT2D eigenvalue weighted by atomic mass is 10.2. The monoisotopic (exact) mass is 257 g/mol. The number of aliphatic carboxylic acids is 1. The molecule has 0 bridgehead atoms. The molecule has 94 valence electrons. The second-order valence-electron chi connectivity index (χ2n) is 3.52. The van der Waals surface area contributed by atoms with E-state index in [-0.39, 0.29) is 18.9 Å². The minimum Gasteiger partial charge on any atom is -0.479 e. The number of aliphatic hydroxyl groups is 1. The van der Waals surface area contributed by atoms with Crippen molar-refractivity contribution in [2.24, 2.45) is 0 Å². The first-order valence-electron chi connectivity index (χ1n) is 5.32. The van der Waals surface area contributed by atoms with E-state index in [1.807, 2.05) is 13.0 Å². The van der Waals surface area contributed by atoms with E-state index in [2.05, 4.69) is 5.32 Å². The van der Waals surface area contributed by atoms with Crippen molar-refractivity contribution in [3.8, 4) is 0 Å². The number of carbonyl (C=O) groups excluding carboxylic acids is 1. The number of hydrogen-bond donors (Lipinski definition) is 3. The fourth-order valence-corrected chi connectivity index (χ4v) is 2.09. The average molecular weight is 257 g/mol. The van der Waals surface area contributed by atoms with Gasteiger partial charge < -0.3 is 15.5 Å². The zero-order chi connectivity index (χ0) is 12.8. The third-order valence-corrected chi connectivity index (χ3v) is 3.45. The van der Waals surface area contributed by atoms with Crippen LogP contribution in [0.25, 0.3) is 0 Å². The van der Waals surface area contributed by atoms with Gasteiger partial charge in [-0.15, -0.1) is 11.3 Å². The molecule has 0 aromatic carbocycles.